The minimum Gasteiger partial charge on any atom is -0.361 e. The lowest BCUT2D eigenvalue weighted by molar-refractivity contribution is -0.112. The summed E-state index contributed by atoms with van der Waals surface area (Å²) in [6, 6.07) is 15.5. The number of anilines is 1. The van der Waals surface area contributed by atoms with E-state index in [9.17, 15) is 10.1 Å². The maximum Gasteiger partial charge on any atom is 0.266 e. The summed E-state index contributed by atoms with van der Waals surface area (Å²) in [5.74, 6) is -0.409. The molecule has 0 fully saturated rings. The summed E-state index contributed by atoms with van der Waals surface area (Å²) < 4.78 is 0. The molecular formula is C20H17N3O. The van der Waals surface area contributed by atoms with E-state index in [1.165, 1.54) is 0 Å². The zero-order valence-electron chi connectivity index (χ0n) is 13.6. The van der Waals surface area contributed by atoms with Crippen molar-refractivity contribution in [1.82, 2.24) is 4.98 Å². The molecule has 0 atom stereocenters. The summed E-state index contributed by atoms with van der Waals surface area (Å²) in [6.07, 6.45) is 3.41. The molecule has 3 rings (SSSR count). The Hall–Kier alpha value is -3.32. The maximum absolute atomic E-state index is 12.4. The molecule has 2 N–H and O–H groups in total. The number of carbonyl (C=O) groups excluding carboxylic acids is 1. The van der Waals surface area contributed by atoms with Crippen LogP contribution in [-0.4, -0.2) is 10.9 Å². The molecule has 4 heteroatoms. The van der Waals surface area contributed by atoms with Crippen molar-refractivity contribution in [2.75, 3.05) is 5.32 Å². The van der Waals surface area contributed by atoms with Gasteiger partial charge in [0.25, 0.3) is 5.91 Å². The molecule has 1 aromatic heterocycles. The van der Waals surface area contributed by atoms with Gasteiger partial charge in [-0.05, 0) is 49.2 Å². The third-order valence-electron chi connectivity index (χ3n) is 3.77. The highest BCUT2D eigenvalue weighted by Crippen LogP contribution is 2.21. The zero-order chi connectivity index (χ0) is 17.1. The van der Waals surface area contributed by atoms with Gasteiger partial charge in [0.15, 0.2) is 0 Å². The van der Waals surface area contributed by atoms with Crippen LogP contribution in [0.3, 0.4) is 0 Å². The van der Waals surface area contributed by atoms with Gasteiger partial charge in [0.1, 0.15) is 11.6 Å². The number of H-pyrrole nitrogens is 1. The molecule has 1 amide bonds. The Morgan fingerprint density at radius 2 is 1.88 bits per heavy atom. The van der Waals surface area contributed by atoms with Crippen LogP contribution in [0.25, 0.3) is 17.0 Å². The quantitative estimate of drug-likeness (QED) is 0.558. The van der Waals surface area contributed by atoms with Crippen molar-refractivity contribution in [1.29, 1.82) is 5.26 Å². The van der Waals surface area contributed by atoms with E-state index in [0.717, 1.165) is 27.6 Å². The van der Waals surface area contributed by atoms with E-state index in [-0.39, 0.29) is 5.57 Å². The lowest BCUT2D eigenvalue weighted by atomic mass is 10.1. The van der Waals surface area contributed by atoms with E-state index in [4.69, 9.17) is 0 Å². The smallest absolute Gasteiger partial charge is 0.266 e. The van der Waals surface area contributed by atoms with Gasteiger partial charge >= 0.3 is 0 Å². The average Bonchev–Trinajstić information content (AvgIpc) is 2.94. The number of aromatic nitrogens is 1. The van der Waals surface area contributed by atoms with Crippen molar-refractivity contribution in [2.45, 2.75) is 13.8 Å². The number of nitrogens with one attached hydrogen (secondary N) is 2. The normalized spacial score (nSPS) is 11.3. The van der Waals surface area contributed by atoms with Crippen molar-refractivity contribution >= 4 is 28.6 Å². The van der Waals surface area contributed by atoms with Gasteiger partial charge in [0, 0.05) is 28.4 Å². The topological polar surface area (TPSA) is 68.7 Å². The second kappa shape index (κ2) is 6.43. The van der Waals surface area contributed by atoms with Gasteiger partial charge in [-0.2, -0.15) is 5.26 Å². The number of hydrogen-bond donors (Lipinski definition) is 2. The number of hydrogen-bond acceptors (Lipinski definition) is 2. The second-order valence-corrected chi connectivity index (χ2v) is 5.79. The largest absolute Gasteiger partial charge is 0.361 e. The number of benzene rings is 2. The Bertz CT molecular complexity index is 969. The Labute approximate surface area is 140 Å². The average molecular weight is 315 g/mol. The number of para-hydroxylation sites is 1. The number of aryl methyl sites for hydroxylation is 2. The Morgan fingerprint density at radius 1 is 1.17 bits per heavy atom. The van der Waals surface area contributed by atoms with Crippen molar-refractivity contribution in [3.8, 4) is 6.07 Å². The summed E-state index contributed by atoms with van der Waals surface area (Å²) in [5.41, 5.74) is 4.67. The third-order valence-corrected chi connectivity index (χ3v) is 3.77. The number of aromatic amines is 1. The number of carbonyl (C=O) groups is 1. The molecule has 0 bridgehead atoms. The first-order chi connectivity index (χ1) is 11.6. The van der Waals surface area contributed by atoms with Crippen molar-refractivity contribution in [3.63, 3.8) is 0 Å². The van der Waals surface area contributed by atoms with Gasteiger partial charge < -0.3 is 10.3 Å². The van der Waals surface area contributed by atoms with E-state index < -0.39 is 5.91 Å². The molecule has 1 heterocycles. The number of rotatable bonds is 3. The molecule has 0 aliphatic rings. The van der Waals surface area contributed by atoms with Gasteiger partial charge in [-0.1, -0.05) is 24.3 Å². The van der Waals surface area contributed by atoms with E-state index in [1.807, 2.05) is 62.4 Å². The number of amides is 1. The Morgan fingerprint density at radius 3 is 2.58 bits per heavy atom. The van der Waals surface area contributed by atoms with E-state index >= 15 is 0 Å². The molecular weight excluding hydrogens is 298 g/mol. The van der Waals surface area contributed by atoms with E-state index in [0.29, 0.717) is 5.69 Å². The van der Waals surface area contributed by atoms with Crippen LogP contribution in [0, 0.1) is 25.2 Å². The number of nitriles is 1. The summed E-state index contributed by atoms with van der Waals surface area (Å²) in [4.78, 5) is 15.6. The second-order valence-electron chi connectivity index (χ2n) is 5.79. The highest BCUT2D eigenvalue weighted by molar-refractivity contribution is 6.10. The molecule has 0 unspecified atom stereocenters. The van der Waals surface area contributed by atoms with E-state index in [1.54, 1.807) is 12.3 Å². The van der Waals surface area contributed by atoms with Gasteiger partial charge in [0.05, 0.1) is 0 Å². The van der Waals surface area contributed by atoms with Crippen LogP contribution in [0.1, 0.15) is 16.7 Å². The first-order valence-corrected chi connectivity index (χ1v) is 7.64. The summed E-state index contributed by atoms with van der Waals surface area (Å²) in [7, 11) is 0. The third kappa shape index (κ3) is 3.21. The van der Waals surface area contributed by atoms with Crippen LogP contribution < -0.4 is 5.32 Å². The SMILES string of the molecule is Cc1cc(C)cc(NC(=O)/C(C#N)=C/c2c[nH]c3ccccc23)c1. The van der Waals surface area contributed by atoms with Crippen molar-refractivity contribution in [2.24, 2.45) is 0 Å². The fourth-order valence-electron chi connectivity index (χ4n) is 2.76. The highest BCUT2D eigenvalue weighted by atomic mass is 16.1. The minimum absolute atomic E-state index is 0.0684. The summed E-state index contributed by atoms with van der Waals surface area (Å²) in [6.45, 7) is 3.94. The van der Waals surface area contributed by atoms with Gasteiger partial charge in [-0.3, -0.25) is 4.79 Å². The van der Waals surface area contributed by atoms with Crippen LogP contribution in [0.2, 0.25) is 0 Å². The molecule has 0 radical (unpaired) electrons. The van der Waals surface area contributed by atoms with Gasteiger partial charge in [-0.25, -0.2) is 0 Å². The monoisotopic (exact) mass is 315 g/mol. The van der Waals surface area contributed by atoms with Crippen molar-refractivity contribution < 1.29 is 4.79 Å². The van der Waals surface area contributed by atoms with Gasteiger partial charge in [0.2, 0.25) is 0 Å². The Kier molecular flexibility index (Phi) is 4.17. The lowest BCUT2D eigenvalue weighted by Crippen LogP contribution is -2.13. The molecule has 2 aromatic carbocycles. The molecule has 3 aromatic rings. The Balaban J connectivity index is 1.90. The molecule has 4 nitrogen and oxygen atoms in total. The first-order valence-electron chi connectivity index (χ1n) is 7.64. The van der Waals surface area contributed by atoms with Crippen LogP contribution in [0.4, 0.5) is 5.69 Å². The molecule has 0 aliphatic carbocycles. The summed E-state index contributed by atoms with van der Waals surface area (Å²) >= 11 is 0. The molecule has 0 spiro atoms. The van der Waals surface area contributed by atoms with E-state index in [2.05, 4.69) is 10.3 Å². The molecule has 118 valence electrons. The predicted molar refractivity (Wildman–Crippen MR) is 96.4 cm³/mol. The zero-order valence-corrected chi connectivity index (χ0v) is 13.6. The molecule has 24 heavy (non-hydrogen) atoms. The fraction of sp³-hybridized carbons (Fsp3) is 0.100. The minimum atomic E-state index is -0.409. The van der Waals surface area contributed by atoms with Crippen LogP contribution in [-0.2, 0) is 4.79 Å². The first kappa shape index (κ1) is 15.6. The molecule has 0 aliphatic heterocycles. The lowest BCUT2D eigenvalue weighted by Gasteiger charge is -2.07. The van der Waals surface area contributed by atoms with Crippen LogP contribution in [0.15, 0.2) is 54.2 Å². The molecule has 0 saturated heterocycles. The maximum atomic E-state index is 12.4. The highest BCUT2D eigenvalue weighted by Gasteiger charge is 2.11. The van der Waals surface area contributed by atoms with Crippen molar-refractivity contribution in [3.05, 3.63) is 70.9 Å². The number of fused-ring (bicyclic) bond motifs is 1. The van der Waals surface area contributed by atoms with Crippen LogP contribution >= 0.6 is 0 Å². The summed E-state index contributed by atoms with van der Waals surface area (Å²) in [5, 5.41) is 13.1. The van der Waals surface area contributed by atoms with Gasteiger partial charge in [-0.15, -0.1) is 0 Å². The van der Waals surface area contributed by atoms with Crippen LogP contribution in [0.5, 0.6) is 0 Å². The molecule has 0 saturated carbocycles. The number of nitrogens with zero attached hydrogens (tertiary/aromatic N) is 1. The predicted octanol–water partition coefficient (Wildman–Crippen LogP) is 4.33. The standard InChI is InChI=1S/C20H17N3O/c1-13-7-14(2)9-17(8-13)23-20(24)15(11-21)10-16-12-22-19-6-4-3-5-18(16)19/h3-10,12,22H,1-2H3,(H,23,24)/b15-10+. The fourth-order valence-corrected chi connectivity index (χ4v) is 2.76.